The van der Waals surface area contributed by atoms with Gasteiger partial charge < -0.3 is 10.8 Å². The molecule has 0 aliphatic carbocycles. The standard InChI is InChI=1S/C12H15N3O3S2/c1-3-15(9-5-4-6-10(16)7-9)20(17,18)11-8(2)14-12(13)19-11/h4-7,16H,3H2,1-2H3,(H2,13,14). The number of sulfonamides is 1. The van der Waals surface area contributed by atoms with E-state index in [1.165, 1.54) is 16.4 Å². The van der Waals surface area contributed by atoms with Gasteiger partial charge in [0.2, 0.25) is 0 Å². The van der Waals surface area contributed by atoms with Gasteiger partial charge in [-0.2, -0.15) is 0 Å². The maximum atomic E-state index is 12.7. The Labute approximate surface area is 121 Å². The summed E-state index contributed by atoms with van der Waals surface area (Å²) in [7, 11) is -3.73. The Balaban J connectivity index is 2.53. The molecule has 0 aliphatic heterocycles. The summed E-state index contributed by atoms with van der Waals surface area (Å²) < 4.78 is 26.7. The molecular formula is C12H15N3O3S2. The molecule has 3 N–H and O–H groups in total. The molecule has 0 bridgehead atoms. The molecular weight excluding hydrogens is 298 g/mol. The summed E-state index contributed by atoms with van der Waals surface area (Å²) in [6.07, 6.45) is 0. The molecule has 0 amide bonds. The second kappa shape index (κ2) is 5.29. The Hall–Kier alpha value is -1.80. The van der Waals surface area contributed by atoms with Crippen molar-refractivity contribution in [2.45, 2.75) is 18.1 Å². The van der Waals surface area contributed by atoms with Crippen molar-refractivity contribution in [3.8, 4) is 5.75 Å². The minimum atomic E-state index is -3.73. The lowest BCUT2D eigenvalue weighted by molar-refractivity contribution is 0.475. The second-order valence-corrected chi connectivity index (χ2v) is 7.20. The van der Waals surface area contributed by atoms with Crippen molar-refractivity contribution in [3.05, 3.63) is 30.0 Å². The Morgan fingerprint density at radius 1 is 1.45 bits per heavy atom. The van der Waals surface area contributed by atoms with Crippen molar-refractivity contribution in [2.24, 2.45) is 0 Å². The molecule has 0 saturated heterocycles. The van der Waals surface area contributed by atoms with Gasteiger partial charge in [0.25, 0.3) is 10.0 Å². The maximum Gasteiger partial charge on any atom is 0.275 e. The molecule has 2 rings (SSSR count). The molecule has 1 heterocycles. The molecule has 0 fully saturated rings. The Morgan fingerprint density at radius 3 is 2.65 bits per heavy atom. The number of hydrogen-bond donors (Lipinski definition) is 2. The van der Waals surface area contributed by atoms with E-state index in [2.05, 4.69) is 4.98 Å². The van der Waals surface area contributed by atoms with E-state index in [0.29, 0.717) is 11.4 Å². The molecule has 0 radical (unpaired) electrons. The van der Waals surface area contributed by atoms with Crippen LogP contribution >= 0.6 is 11.3 Å². The van der Waals surface area contributed by atoms with Gasteiger partial charge in [-0.3, -0.25) is 4.31 Å². The summed E-state index contributed by atoms with van der Waals surface area (Å²) in [5, 5.41) is 9.72. The van der Waals surface area contributed by atoms with E-state index in [1.807, 2.05) is 0 Å². The molecule has 6 nitrogen and oxygen atoms in total. The summed E-state index contributed by atoms with van der Waals surface area (Å²) in [4.78, 5) is 3.95. The van der Waals surface area contributed by atoms with Gasteiger partial charge in [0.15, 0.2) is 9.34 Å². The van der Waals surface area contributed by atoms with E-state index < -0.39 is 10.0 Å². The van der Waals surface area contributed by atoms with Gasteiger partial charge in [-0.05, 0) is 26.0 Å². The van der Waals surface area contributed by atoms with Crippen molar-refractivity contribution in [2.75, 3.05) is 16.6 Å². The normalized spacial score (nSPS) is 11.5. The lowest BCUT2D eigenvalue weighted by Gasteiger charge is -2.22. The Morgan fingerprint density at radius 2 is 2.15 bits per heavy atom. The van der Waals surface area contributed by atoms with Gasteiger partial charge in [0, 0.05) is 12.6 Å². The number of aryl methyl sites for hydroxylation is 1. The number of aromatic nitrogens is 1. The van der Waals surface area contributed by atoms with Crippen LogP contribution in [0.2, 0.25) is 0 Å². The molecule has 20 heavy (non-hydrogen) atoms. The lowest BCUT2D eigenvalue weighted by atomic mass is 10.3. The Kier molecular flexibility index (Phi) is 3.87. The van der Waals surface area contributed by atoms with Crippen molar-refractivity contribution in [3.63, 3.8) is 0 Å². The van der Waals surface area contributed by atoms with Crippen LogP contribution in [0.15, 0.2) is 28.5 Å². The average molecular weight is 313 g/mol. The van der Waals surface area contributed by atoms with Crippen LogP contribution in [0.4, 0.5) is 10.8 Å². The first-order valence-electron chi connectivity index (χ1n) is 5.91. The zero-order valence-corrected chi connectivity index (χ0v) is 12.7. The van der Waals surface area contributed by atoms with Gasteiger partial charge in [0.05, 0.1) is 11.4 Å². The minimum Gasteiger partial charge on any atom is -0.508 e. The number of rotatable bonds is 4. The van der Waals surface area contributed by atoms with Crippen LogP contribution in [-0.4, -0.2) is 25.1 Å². The number of hydrogen-bond acceptors (Lipinski definition) is 6. The van der Waals surface area contributed by atoms with Crippen LogP contribution in [0.1, 0.15) is 12.6 Å². The van der Waals surface area contributed by atoms with Crippen LogP contribution in [0, 0.1) is 6.92 Å². The van der Waals surface area contributed by atoms with Crippen LogP contribution in [0.25, 0.3) is 0 Å². The first kappa shape index (κ1) is 14.6. The van der Waals surface area contributed by atoms with E-state index in [9.17, 15) is 13.5 Å². The highest BCUT2D eigenvalue weighted by atomic mass is 32.2. The van der Waals surface area contributed by atoms with Crippen molar-refractivity contribution >= 4 is 32.2 Å². The fraction of sp³-hybridized carbons (Fsp3) is 0.250. The molecule has 0 spiro atoms. The number of nitrogens with two attached hydrogens (primary N) is 1. The van der Waals surface area contributed by atoms with Gasteiger partial charge in [-0.15, -0.1) is 0 Å². The number of nitrogen functional groups attached to an aromatic ring is 1. The molecule has 0 saturated carbocycles. The first-order valence-corrected chi connectivity index (χ1v) is 8.16. The number of phenolic OH excluding ortho intramolecular Hbond substituents is 1. The third-order valence-corrected chi connectivity index (χ3v) is 6.18. The van der Waals surface area contributed by atoms with Gasteiger partial charge in [-0.25, -0.2) is 13.4 Å². The average Bonchev–Trinajstić information content (AvgIpc) is 2.70. The van der Waals surface area contributed by atoms with Crippen molar-refractivity contribution in [1.82, 2.24) is 4.98 Å². The number of benzene rings is 1. The molecule has 1 aromatic heterocycles. The van der Waals surface area contributed by atoms with E-state index in [0.717, 1.165) is 11.3 Å². The lowest BCUT2D eigenvalue weighted by Crippen LogP contribution is -2.30. The fourth-order valence-corrected chi connectivity index (χ4v) is 4.74. The summed E-state index contributed by atoms with van der Waals surface area (Å²) in [6.45, 7) is 3.57. The summed E-state index contributed by atoms with van der Waals surface area (Å²) in [6, 6.07) is 6.11. The number of aromatic hydroxyl groups is 1. The molecule has 108 valence electrons. The van der Waals surface area contributed by atoms with Gasteiger partial charge >= 0.3 is 0 Å². The molecule has 0 atom stereocenters. The van der Waals surface area contributed by atoms with E-state index in [-0.39, 0.29) is 21.6 Å². The topological polar surface area (TPSA) is 96.5 Å². The predicted octanol–water partition coefficient (Wildman–Crippen LogP) is 1.95. The third-order valence-electron chi connectivity index (χ3n) is 2.70. The quantitative estimate of drug-likeness (QED) is 0.899. The molecule has 0 unspecified atom stereocenters. The molecule has 0 aliphatic rings. The summed E-state index contributed by atoms with van der Waals surface area (Å²) in [5.74, 6) is 0.0108. The van der Waals surface area contributed by atoms with Gasteiger partial charge in [0.1, 0.15) is 5.75 Å². The van der Waals surface area contributed by atoms with Crippen LogP contribution in [0.3, 0.4) is 0 Å². The molecule has 2 aromatic rings. The third kappa shape index (κ3) is 2.56. The summed E-state index contributed by atoms with van der Waals surface area (Å²) in [5.41, 5.74) is 6.35. The minimum absolute atomic E-state index is 0.0108. The first-order chi connectivity index (χ1) is 9.36. The monoisotopic (exact) mass is 313 g/mol. The van der Waals surface area contributed by atoms with Crippen molar-refractivity contribution in [1.29, 1.82) is 0 Å². The fourth-order valence-electron chi connectivity index (χ4n) is 1.88. The predicted molar refractivity (Wildman–Crippen MR) is 79.6 cm³/mol. The highest BCUT2D eigenvalue weighted by Gasteiger charge is 2.28. The zero-order chi connectivity index (χ0) is 14.9. The van der Waals surface area contributed by atoms with E-state index in [1.54, 1.807) is 26.0 Å². The number of thiazole rings is 1. The molecule has 8 heteroatoms. The summed E-state index contributed by atoms with van der Waals surface area (Å²) >= 11 is 0.938. The zero-order valence-electron chi connectivity index (χ0n) is 11.1. The second-order valence-electron chi connectivity index (χ2n) is 4.11. The number of nitrogens with zero attached hydrogens (tertiary/aromatic N) is 2. The van der Waals surface area contributed by atoms with Crippen LogP contribution in [0.5, 0.6) is 5.75 Å². The van der Waals surface area contributed by atoms with E-state index in [4.69, 9.17) is 5.73 Å². The maximum absolute atomic E-state index is 12.7. The SMILES string of the molecule is CCN(c1cccc(O)c1)S(=O)(=O)c1sc(N)nc1C. The molecule has 1 aromatic carbocycles. The smallest absolute Gasteiger partial charge is 0.275 e. The van der Waals surface area contributed by atoms with E-state index >= 15 is 0 Å². The van der Waals surface area contributed by atoms with Crippen molar-refractivity contribution < 1.29 is 13.5 Å². The largest absolute Gasteiger partial charge is 0.508 e. The number of anilines is 2. The highest BCUT2D eigenvalue weighted by Crippen LogP contribution is 2.31. The highest BCUT2D eigenvalue weighted by molar-refractivity contribution is 7.94. The van der Waals surface area contributed by atoms with Crippen LogP contribution in [-0.2, 0) is 10.0 Å². The van der Waals surface area contributed by atoms with Crippen LogP contribution < -0.4 is 10.0 Å². The number of phenols is 1. The Bertz CT molecular complexity index is 725. The van der Waals surface area contributed by atoms with Gasteiger partial charge in [-0.1, -0.05) is 17.4 Å².